The second kappa shape index (κ2) is 11.5. The van der Waals surface area contributed by atoms with Crippen LogP contribution in [0.3, 0.4) is 0 Å². The molecule has 3 aromatic rings. The molecule has 3 rings (SSSR count). The molecule has 3 atom stereocenters. The molecule has 2 amide bonds. The summed E-state index contributed by atoms with van der Waals surface area (Å²) in [7, 11) is 0. The van der Waals surface area contributed by atoms with Gasteiger partial charge in [-0.05, 0) is 40.5 Å². The zero-order valence-corrected chi connectivity index (χ0v) is 18.8. The predicted molar refractivity (Wildman–Crippen MR) is 131 cm³/mol. The van der Waals surface area contributed by atoms with Crippen molar-refractivity contribution in [1.82, 2.24) is 10.6 Å². The third-order valence-corrected chi connectivity index (χ3v) is 5.62. The molecular formula is C25H26N3O4S. The molecule has 0 aliphatic carbocycles. The van der Waals surface area contributed by atoms with Crippen LogP contribution in [0.15, 0.2) is 66.7 Å². The summed E-state index contributed by atoms with van der Waals surface area (Å²) in [6, 6.07) is 17.3. The third kappa shape index (κ3) is 6.81. The molecule has 33 heavy (non-hydrogen) atoms. The lowest BCUT2D eigenvalue weighted by molar-refractivity contribution is -0.129. The van der Waals surface area contributed by atoms with Crippen molar-refractivity contribution in [2.45, 2.75) is 31.0 Å². The minimum atomic E-state index is -0.959. The van der Waals surface area contributed by atoms with Crippen molar-refractivity contribution >= 4 is 41.5 Å². The number of hydrogen-bond donors (Lipinski definition) is 5. The first-order chi connectivity index (χ1) is 15.9. The van der Waals surface area contributed by atoms with Gasteiger partial charge in [0, 0.05) is 12.2 Å². The summed E-state index contributed by atoms with van der Waals surface area (Å²) in [4.78, 5) is 36.6. The Bertz CT molecular complexity index is 1120. The number of phenolic OH excluding ortho intramolecular Hbond substituents is 1. The van der Waals surface area contributed by atoms with Crippen molar-refractivity contribution in [3.05, 3.63) is 77.9 Å². The fourth-order valence-corrected chi connectivity index (χ4v) is 3.70. The van der Waals surface area contributed by atoms with Crippen LogP contribution in [0, 0.1) is 0 Å². The van der Waals surface area contributed by atoms with Gasteiger partial charge in [-0.25, -0.2) is 0 Å². The van der Waals surface area contributed by atoms with E-state index in [0.717, 1.165) is 21.9 Å². The highest BCUT2D eigenvalue weighted by Gasteiger charge is 2.25. The third-order valence-electron chi connectivity index (χ3n) is 5.26. The molecule has 0 unspecified atom stereocenters. The standard InChI is InChI=1S/C25H26N3O4S/c26-22(13-17-5-8-18-3-1-2-4-19(18)11-17)24(31)28-23(15-33)25(32)27-20(14-29)12-16-6-9-21(30)10-7-16/h1-11,20,22-23,30,33H,12-13,15,26H2,(H,27,32)(H,28,31)/t20-,22+,23-/m0/s1. The number of carbonyl (C=O) groups excluding carboxylic acids is 3. The molecule has 171 valence electrons. The molecular weight excluding hydrogens is 438 g/mol. The van der Waals surface area contributed by atoms with Crippen LogP contribution in [-0.2, 0) is 27.2 Å². The first kappa shape index (κ1) is 24.3. The van der Waals surface area contributed by atoms with Crippen molar-refractivity contribution in [3.63, 3.8) is 0 Å². The number of aromatic hydroxyl groups is 1. The van der Waals surface area contributed by atoms with Gasteiger partial charge < -0.3 is 21.5 Å². The maximum Gasteiger partial charge on any atom is 0.244 e. The Morgan fingerprint density at radius 2 is 1.58 bits per heavy atom. The van der Waals surface area contributed by atoms with E-state index in [2.05, 4.69) is 23.3 Å². The minimum Gasteiger partial charge on any atom is -0.508 e. The van der Waals surface area contributed by atoms with E-state index in [9.17, 15) is 19.5 Å². The van der Waals surface area contributed by atoms with Crippen molar-refractivity contribution < 1.29 is 19.5 Å². The quantitative estimate of drug-likeness (QED) is 0.292. The molecule has 1 radical (unpaired) electrons. The van der Waals surface area contributed by atoms with Gasteiger partial charge in [0.2, 0.25) is 18.1 Å². The van der Waals surface area contributed by atoms with Gasteiger partial charge in [-0.3, -0.25) is 14.4 Å². The van der Waals surface area contributed by atoms with Crippen molar-refractivity contribution in [2.75, 3.05) is 5.75 Å². The summed E-state index contributed by atoms with van der Waals surface area (Å²) in [5, 5.41) is 16.7. The second-order valence-corrected chi connectivity index (χ2v) is 8.15. The zero-order valence-electron chi connectivity index (χ0n) is 17.9. The summed E-state index contributed by atoms with van der Waals surface area (Å²) in [6.07, 6.45) is 2.30. The summed E-state index contributed by atoms with van der Waals surface area (Å²) in [5.74, 6) is -0.899. The SMILES string of the molecule is N[C@H](Cc1ccc2ccccc2c1)C(=O)N[C@@H](CS)C(=O)N[C@H]([C]=O)Cc1ccc(O)cc1. The van der Waals surface area contributed by atoms with Crippen LogP contribution in [0.2, 0.25) is 0 Å². The molecule has 0 aliphatic rings. The maximum atomic E-state index is 12.6. The van der Waals surface area contributed by atoms with E-state index in [1.165, 1.54) is 12.1 Å². The molecule has 5 N–H and O–H groups in total. The molecule has 0 saturated carbocycles. The Morgan fingerprint density at radius 3 is 2.24 bits per heavy atom. The highest BCUT2D eigenvalue weighted by Crippen LogP contribution is 2.16. The van der Waals surface area contributed by atoms with Crippen LogP contribution in [-0.4, -0.2) is 47.1 Å². The highest BCUT2D eigenvalue weighted by atomic mass is 32.1. The molecule has 0 aromatic heterocycles. The fourth-order valence-electron chi connectivity index (χ4n) is 3.45. The van der Waals surface area contributed by atoms with Crippen LogP contribution in [0.5, 0.6) is 5.75 Å². The maximum absolute atomic E-state index is 12.6. The van der Waals surface area contributed by atoms with Crippen LogP contribution in [0.4, 0.5) is 0 Å². The number of thiol groups is 1. The lowest BCUT2D eigenvalue weighted by atomic mass is 10.0. The number of rotatable bonds is 10. The molecule has 0 fully saturated rings. The second-order valence-electron chi connectivity index (χ2n) is 7.79. The van der Waals surface area contributed by atoms with Crippen molar-refractivity contribution in [2.24, 2.45) is 5.73 Å². The largest absolute Gasteiger partial charge is 0.508 e. The molecule has 7 nitrogen and oxygen atoms in total. The number of hydrogen-bond acceptors (Lipinski definition) is 6. The molecule has 0 heterocycles. The molecule has 0 bridgehead atoms. The number of phenols is 1. The number of fused-ring (bicyclic) bond motifs is 1. The molecule has 0 spiro atoms. The average Bonchev–Trinajstić information content (AvgIpc) is 2.83. The average molecular weight is 465 g/mol. The van der Waals surface area contributed by atoms with Gasteiger partial charge in [-0.2, -0.15) is 12.6 Å². The first-order valence-corrected chi connectivity index (χ1v) is 11.1. The van der Waals surface area contributed by atoms with E-state index in [4.69, 9.17) is 5.73 Å². The highest BCUT2D eigenvalue weighted by molar-refractivity contribution is 7.80. The molecule has 8 heteroatoms. The predicted octanol–water partition coefficient (Wildman–Crippen LogP) is 1.67. The zero-order chi connectivity index (χ0) is 23.8. The summed E-state index contributed by atoms with van der Waals surface area (Å²) >= 11 is 4.16. The monoisotopic (exact) mass is 464 g/mol. The number of benzene rings is 3. The lowest BCUT2D eigenvalue weighted by Gasteiger charge is -2.21. The first-order valence-electron chi connectivity index (χ1n) is 10.5. The Kier molecular flexibility index (Phi) is 8.46. The van der Waals surface area contributed by atoms with E-state index in [1.54, 1.807) is 18.4 Å². The normalized spacial score (nSPS) is 13.6. The Hall–Kier alpha value is -3.36. The van der Waals surface area contributed by atoms with Crippen molar-refractivity contribution in [3.8, 4) is 5.75 Å². The smallest absolute Gasteiger partial charge is 0.244 e. The minimum absolute atomic E-state index is 0.0328. The van der Waals surface area contributed by atoms with Gasteiger partial charge in [-0.15, -0.1) is 0 Å². The van der Waals surface area contributed by atoms with E-state index in [-0.39, 0.29) is 17.9 Å². The fraction of sp³-hybridized carbons (Fsp3) is 0.240. The summed E-state index contributed by atoms with van der Waals surface area (Å²) in [5.41, 5.74) is 7.74. The van der Waals surface area contributed by atoms with Crippen LogP contribution < -0.4 is 16.4 Å². The number of amides is 2. The van der Waals surface area contributed by atoms with Crippen LogP contribution in [0.25, 0.3) is 10.8 Å². The topological polar surface area (TPSA) is 122 Å². The van der Waals surface area contributed by atoms with Gasteiger partial charge in [-0.1, -0.05) is 54.6 Å². The van der Waals surface area contributed by atoms with E-state index in [1.807, 2.05) is 42.5 Å². The van der Waals surface area contributed by atoms with Crippen molar-refractivity contribution in [1.29, 1.82) is 0 Å². The van der Waals surface area contributed by atoms with Crippen LogP contribution in [0.1, 0.15) is 11.1 Å². The molecule has 0 aliphatic heterocycles. The van der Waals surface area contributed by atoms with E-state index in [0.29, 0.717) is 6.42 Å². The van der Waals surface area contributed by atoms with Gasteiger partial charge in [0.1, 0.15) is 11.8 Å². The Labute approximate surface area is 197 Å². The van der Waals surface area contributed by atoms with Gasteiger partial charge in [0.05, 0.1) is 12.1 Å². The Morgan fingerprint density at radius 1 is 0.909 bits per heavy atom. The van der Waals surface area contributed by atoms with E-state index >= 15 is 0 Å². The van der Waals surface area contributed by atoms with Gasteiger partial charge >= 0.3 is 0 Å². The molecule has 3 aromatic carbocycles. The van der Waals surface area contributed by atoms with E-state index < -0.39 is 29.9 Å². The number of nitrogens with one attached hydrogen (secondary N) is 2. The summed E-state index contributed by atoms with van der Waals surface area (Å²) in [6.45, 7) is 0. The van der Waals surface area contributed by atoms with Gasteiger partial charge in [0.15, 0.2) is 0 Å². The number of carbonyl (C=O) groups is 2. The van der Waals surface area contributed by atoms with Gasteiger partial charge in [0.25, 0.3) is 0 Å². The lowest BCUT2D eigenvalue weighted by Crippen LogP contribution is -2.55. The Balaban J connectivity index is 1.57. The summed E-state index contributed by atoms with van der Waals surface area (Å²) < 4.78 is 0. The van der Waals surface area contributed by atoms with Crippen LogP contribution >= 0.6 is 12.6 Å². The number of nitrogens with two attached hydrogens (primary N) is 1. The molecule has 0 saturated heterocycles.